The molecule has 8 aromatic carbocycles. The molecule has 282 valence electrons. The predicted octanol–water partition coefficient (Wildman–Crippen LogP) is 9.06. The van der Waals surface area contributed by atoms with Gasteiger partial charge in [-0.05, 0) is 107 Å². The minimum absolute atomic E-state index is 0.0310. The average Bonchev–Trinajstić information content (AvgIpc) is 3.49. The number of benzene rings is 8. The van der Waals surface area contributed by atoms with Crippen LogP contribution in [-0.2, 0) is 10.8 Å². The normalized spacial score (nSPS) is 15.7. The third-order valence-electron chi connectivity index (χ3n) is 14.0. The third kappa shape index (κ3) is 4.53. The SMILES string of the molecule is CC(C)(C)c1cc2c3c(c1)N1c4ccccc4[Si](c4ccccc4)(c4ccccc4)c4cccc(c41)B3c1cc3c(cc1N2c1ccccc1)-c1ccccc1C3(C)C. The Kier molecular flexibility index (Phi) is 7.11. The molecule has 0 saturated heterocycles. The van der Waals surface area contributed by atoms with Crippen LogP contribution in [0.25, 0.3) is 11.1 Å². The second-order valence-electron chi connectivity index (χ2n) is 18.5. The molecule has 0 amide bonds. The lowest BCUT2D eigenvalue weighted by atomic mass is 9.33. The standard InChI is InChI=1S/C55H45BN2Si/c1-54(2,3)36-32-48-52-49(33-36)58-46-29-17-18-30-50(46)59(38-22-11-7-12-23-38,39-24-13-8-14-25-39)51-31-19-28-44(53(51)58)56(52)45-35-43-41(40-26-15-16-27-42(40)55(43,4)5)34-47(45)57(48)37-20-9-6-10-21-37/h6-35H,1-5H3. The molecule has 8 aromatic rings. The van der Waals surface area contributed by atoms with Crippen LogP contribution in [-0.4, -0.2) is 14.8 Å². The van der Waals surface area contributed by atoms with Crippen LogP contribution in [0, 0.1) is 0 Å². The van der Waals surface area contributed by atoms with Gasteiger partial charge in [0, 0.05) is 39.5 Å². The highest BCUT2D eigenvalue weighted by Crippen LogP contribution is 2.52. The second-order valence-corrected chi connectivity index (χ2v) is 22.2. The Morgan fingerprint density at radius 2 is 1.07 bits per heavy atom. The van der Waals surface area contributed by atoms with E-state index in [1.165, 1.54) is 99.1 Å². The minimum atomic E-state index is -2.83. The van der Waals surface area contributed by atoms with E-state index in [-0.39, 0.29) is 17.5 Å². The average molecular weight is 773 g/mol. The van der Waals surface area contributed by atoms with Crippen molar-refractivity contribution in [2.45, 2.75) is 45.4 Å². The Bertz CT molecular complexity index is 2980. The Hall–Kier alpha value is -6.36. The molecular weight excluding hydrogens is 728 g/mol. The molecule has 4 aliphatic rings. The number of nitrogens with zero attached hydrogens (tertiary/aromatic N) is 2. The zero-order valence-electron chi connectivity index (χ0n) is 34.3. The summed E-state index contributed by atoms with van der Waals surface area (Å²) in [6, 6.07) is 69.9. The first-order valence-corrected chi connectivity index (χ1v) is 23.1. The zero-order valence-corrected chi connectivity index (χ0v) is 35.3. The molecular formula is C55H45BN2Si. The number of hydrogen-bond donors (Lipinski definition) is 0. The summed E-state index contributed by atoms with van der Waals surface area (Å²) in [7, 11) is -2.83. The lowest BCUT2D eigenvalue weighted by Gasteiger charge is -2.51. The number of anilines is 6. The summed E-state index contributed by atoms with van der Waals surface area (Å²) in [5, 5.41) is 5.72. The topological polar surface area (TPSA) is 6.48 Å². The molecule has 59 heavy (non-hydrogen) atoms. The van der Waals surface area contributed by atoms with Crippen LogP contribution in [0.5, 0.6) is 0 Å². The molecule has 0 radical (unpaired) electrons. The van der Waals surface area contributed by atoms with Gasteiger partial charge in [-0.25, -0.2) is 0 Å². The highest BCUT2D eigenvalue weighted by atomic mass is 28.3. The summed E-state index contributed by atoms with van der Waals surface area (Å²) in [5.74, 6) is 0. The molecule has 1 aliphatic carbocycles. The molecule has 0 spiro atoms. The molecule has 3 heterocycles. The molecule has 0 saturated carbocycles. The summed E-state index contributed by atoms with van der Waals surface area (Å²) in [6.07, 6.45) is 0. The van der Waals surface area contributed by atoms with Crippen molar-refractivity contribution < 1.29 is 0 Å². The molecule has 0 fully saturated rings. The van der Waals surface area contributed by atoms with E-state index in [1.807, 2.05) is 0 Å². The molecule has 12 rings (SSSR count). The van der Waals surface area contributed by atoms with Gasteiger partial charge < -0.3 is 9.80 Å². The van der Waals surface area contributed by atoms with Crippen LogP contribution in [0.1, 0.15) is 51.3 Å². The van der Waals surface area contributed by atoms with Crippen molar-refractivity contribution in [1.82, 2.24) is 0 Å². The van der Waals surface area contributed by atoms with Crippen LogP contribution in [0.3, 0.4) is 0 Å². The van der Waals surface area contributed by atoms with Gasteiger partial charge in [-0.2, -0.15) is 0 Å². The van der Waals surface area contributed by atoms with Gasteiger partial charge in [0.05, 0.1) is 0 Å². The highest BCUT2D eigenvalue weighted by Gasteiger charge is 2.54. The van der Waals surface area contributed by atoms with Crippen molar-refractivity contribution in [2.24, 2.45) is 0 Å². The van der Waals surface area contributed by atoms with Gasteiger partial charge in [0.25, 0.3) is 6.71 Å². The number of hydrogen-bond acceptors (Lipinski definition) is 2. The molecule has 2 nitrogen and oxygen atoms in total. The van der Waals surface area contributed by atoms with E-state index in [0.29, 0.717) is 0 Å². The fourth-order valence-electron chi connectivity index (χ4n) is 11.4. The fraction of sp³-hybridized carbons (Fsp3) is 0.127. The van der Waals surface area contributed by atoms with E-state index >= 15 is 0 Å². The second kappa shape index (κ2) is 12.1. The van der Waals surface area contributed by atoms with E-state index in [4.69, 9.17) is 0 Å². The smallest absolute Gasteiger partial charge is 0.252 e. The monoisotopic (exact) mass is 772 g/mol. The fourth-order valence-corrected chi connectivity index (χ4v) is 16.5. The quantitative estimate of drug-likeness (QED) is 0.166. The van der Waals surface area contributed by atoms with E-state index < -0.39 is 8.07 Å². The molecule has 0 unspecified atom stereocenters. The summed E-state index contributed by atoms with van der Waals surface area (Å²) in [5.41, 5.74) is 18.5. The zero-order chi connectivity index (χ0) is 39.8. The molecule has 0 N–H and O–H groups in total. The molecule has 0 aromatic heterocycles. The van der Waals surface area contributed by atoms with E-state index in [9.17, 15) is 0 Å². The van der Waals surface area contributed by atoms with E-state index in [1.54, 1.807) is 0 Å². The maximum atomic E-state index is 2.68. The van der Waals surface area contributed by atoms with Gasteiger partial charge in [0.1, 0.15) is 0 Å². The van der Waals surface area contributed by atoms with Crippen molar-refractivity contribution in [3.05, 3.63) is 199 Å². The minimum Gasteiger partial charge on any atom is -0.312 e. The van der Waals surface area contributed by atoms with Gasteiger partial charge >= 0.3 is 0 Å². The number of fused-ring (bicyclic) bond motifs is 9. The molecule has 0 bridgehead atoms. The van der Waals surface area contributed by atoms with Crippen LogP contribution in [0.4, 0.5) is 34.1 Å². The van der Waals surface area contributed by atoms with Crippen LogP contribution < -0.4 is 46.9 Å². The maximum absolute atomic E-state index is 2.83. The van der Waals surface area contributed by atoms with Gasteiger partial charge in [0.15, 0.2) is 8.07 Å². The number of rotatable bonds is 3. The first-order valence-electron chi connectivity index (χ1n) is 21.1. The van der Waals surface area contributed by atoms with Crippen LogP contribution in [0.15, 0.2) is 182 Å². The van der Waals surface area contributed by atoms with Gasteiger partial charge in [-0.1, -0.05) is 180 Å². The van der Waals surface area contributed by atoms with Gasteiger partial charge in [-0.15, -0.1) is 0 Å². The Morgan fingerprint density at radius 1 is 0.475 bits per heavy atom. The van der Waals surface area contributed by atoms with Crippen molar-refractivity contribution >= 4 is 86.0 Å². The summed E-state index contributed by atoms with van der Waals surface area (Å²) >= 11 is 0. The first-order chi connectivity index (χ1) is 28.7. The lowest BCUT2D eigenvalue weighted by Crippen LogP contribution is -2.79. The van der Waals surface area contributed by atoms with Crippen molar-refractivity contribution in [1.29, 1.82) is 0 Å². The predicted molar refractivity (Wildman–Crippen MR) is 254 cm³/mol. The third-order valence-corrected chi connectivity index (χ3v) is 18.9. The Balaban J connectivity index is 1.26. The van der Waals surface area contributed by atoms with Gasteiger partial charge in [-0.3, -0.25) is 0 Å². The van der Waals surface area contributed by atoms with E-state index in [2.05, 4.69) is 226 Å². The Morgan fingerprint density at radius 3 is 1.76 bits per heavy atom. The maximum Gasteiger partial charge on any atom is 0.252 e. The van der Waals surface area contributed by atoms with E-state index in [0.717, 1.165) is 0 Å². The molecule has 0 atom stereocenters. The summed E-state index contributed by atoms with van der Waals surface area (Å²) < 4.78 is 0. The van der Waals surface area contributed by atoms with Crippen molar-refractivity contribution in [3.8, 4) is 11.1 Å². The molecule has 3 aliphatic heterocycles. The number of para-hydroxylation sites is 3. The van der Waals surface area contributed by atoms with Crippen molar-refractivity contribution in [2.75, 3.05) is 9.80 Å². The first kappa shape index (κ1) is 34.7. The lowest BCUT2D eigenvalue weighted by molar-refractivity contribution is 0.590. The van der Waals surface area contributed by atoms with Gasteiger partial charge in [0.2, 0.25) is 0 Å². The molecule has 4 heteroatoms. The van der Waals surface area contributed by atoms with Crippen LogP contribution >= 0.6 is 0 Å². The summed E-state index contributed by atoms with van der Waals surface area (Å²) in [6.45, 7) is 12.0. The van der Waals surface area contributed by atoms with Crippen molar-refractivity contribution in [3.63, 3.8) is 0 Å². The van der Waals surface area contributed by atoms with Crippen LogP contribution in [0.2, 0.25) is 0 Å². The Labute approximate surface area is 349 Å². The largest absolute Gasteiger partial charge is 0.312 e. The highest BCUT2D eigenvalue weighted by molar-refractivity contribution is 7.22. The summed E-state index contributed by atoms with van der Waals surface area (Å²) in [4.78, 5) is 5.27.